The first-order chi connectivity index (χ1) is 10.4. The lowest BCUT2D eigenvalue weighted by atomic mass is 10.1. The Bertz CT molecular complexity index is 351. The smallest absolute Gasteiger partial charge is 0.420 e. The Morgan fingerprint density at radius 3 is 1.65 bits per heavy atom. The van der Waals surface area contributed by atoms with Crippen molar-refractivity contribution in [1.29, 1.82) is 0 Å². The fourth-order valence-electron chi connectivity index (χ4n) is 2.05. The molecule has 0 aliphatic heterocycles. The number of hydrogen-bond acceptors (Lipinski definition) is 4. The maximum atomic E-state index is 12.4. The number of imide groups is 1. The van der Waals surface area contributed by atoms with E-state index in [4.69, 9.17) is 9.47 Å². The number of unbranched alkanes of at least 4 members (excludes halogenated alkanes) is 3. The van der Waals surface area contributed by atoms with Gasteiger partial charge in [0.15, 0.2) is 0 Å². The lowest BCUT2D eigenvalue weighted by Crippen LogP contribution is -2.48. The van der Waals surface area contributed by atoms with Gasteiger partial charge in [-0.1, -0.05) is 32.6 Å². The summed E-state index contributed by atoms with van der Waals surface area (Å²) in [6, 6.07) is -0.253. The van der Waals surface area contributed by atoms with E-state index in [0.29, 0.717) is 0 Å². The monoisotopic (exact) mass is 329 g/mol. The average Bonchev–Trinajstić information content (AvgIpc) is 2.30. The Labute approximate surface area is 141 Å². The third-order valence-electron chi connectivity index (χ3n) is 3.10. The fourth-order valence-corrected chi connectivity index (χ4v) is 2.05. The highest BCUT2D eigenvalue weighted by molar-refractivity contribution is 5.88. The molecule has 0 aromatic carbocycles. The van der Waals surface area contributed by atoms with Gasteiger partial charge < -0.3 is 9.47 Å². The fraction of sp³-hybridized carbons (Fsp3) is 0.889. The van der Waals surface area contributed by atoms with E-state index in [-0.39, 0.29) is 6.04 Å². The molecule has 0 fully saturated rings. The van der Waals surface area contributed by atoms with Crippen molar-refractivity contribution in [2.75, 3.05) is 0 Å². The van der Waals surface area contributed by atoms with E-state index in [2.05, 4.69) is 6.92 Å². The Hall–Kier alpha value is -1.26. The van der Waals surface area contributed by atoms with Gasteiger partial charge in [-0.2, -0.15) is 0 Å². The molecule has 5 nitrogen and oxygen atoms in total. The van der Waals surface area contributed by atoms with Crippen LogP contribution in [0, 0.1) is 0 Å². The molecule has 1 unspecified atom stereocenters. The van der Waals surface area contributed by atoms with Crippen LogP contribution in [0.2, 0.25) is 0 Å². The minimum Gasteiger partial charge on any atom is -0.443 e. The van der Waals surface area contributed by atoms with Crippen LogP contribution in [0.25, 0.3) is 0 Å². The van der Waals surface area contributed by atoms with Crippen LogP contribution in [-0.2, 0) is 9.47 Å². The van der Waals surface area contributed by atoms with Crippen molar-refractivity contribution < 1.29 is 19.1 Å². The quantitative estimate of drug-likeness (QED) is 0.602. The lowest BCUT2D eigenvalue weighted by molar-refractivity contribution is -0.00660. The van der Waals surface area contributed by atoms with Gasteiger partial charge in [0.2, 0.25) is 0 Å². The lowest BCUT2D eigenvalue weighted by Gasteiger charge is -2.32. The van der Waals surface area contributed by atoms with E-state index >= 15 is 0 Å². The highest BCUT2D eigenvalue weighted by atomic mass is 16.6. The predicted molar refractivity (Wildman–Crippen MR) is 92.5 cm³/mol. The summed E-state index contributed by atoms with van der Waals surface area (Å²) in [6.07, 6.45) is 3.83. The molecule has 0 aliphatic rings. The number of rotatable bonds is 6. The molecule has 0 bridgehead atoms. The molecule has 0 radical (unpaired) electrons. The van der Waals surface area contributed by atoms with Gasteiger partial charge in [-0.05, 0) is 54.9 Å². The van der Waals surface area contributed by atoms with Gasteiger partial charge in [-0.3, -0.25) is 0 Å². The summed E-state index contributed by atoms with van der Waals surface area (Å²) in [5.74, 6) is 0. The minimum atomic E-state index is -0.653. The zero-order chi connectivity index (χ0) is 18.3. The normalized spacial score (nSPS) is 13.4. The Morgan fingerprint density at radius 2 is 1.30 bits per heavy atom. The van der Waals surface area contributed by atoms with Crippen LogP contribution in [0.15, 0.2) is 0 Å². The zero-order valence-electron chi connectivity index (χ0n) is 16.2. The number of ether oxygens (including phenoxy) is 2. The summed E-state index contributed by atoms with van der Waals surface area (Å²) in [6.45, 7) is 14.7. The van der Waals surface area contributed by atoms with Crippen molar-refractivity contribution in [2.45, 2.75) is 105 Å². The molecule has 0 aliphatic carbocycles. The summed E-state index contributed by atoms with van der Waals surface area (Å²) < 4.78 is 10.7. The average molecular weight is 329 g/mol. The van der Waals surface area contributed by atoms with Crippen molar-refractivity contribution in [3.63, 3.8) is 0 Å². The van der Waals surface area contributed by atoms with Crippen LogP contribution < -0.4 is 0 Å². The molecule has 0 rings (SSSR count). The van der Waals surface area contributed by atoms with Crippen molar-refractivity contribution in [2.24, 2.45) is 0 Å². The number of nitrogens with zero attached hydrogens (tertiary/aromatic N) is 1. The van der Waals surface area contributed by atoms with Gasteiger partial charge in [0.1, 0.15) is 11.2 Å². The molecule has 0 spiro atoms. The van der Waals surface area contributed by atoms with Crippen LogP contribution in [0.3, 0.4) is 0 Å². The molecular formula is C18H35NO4. The first-order valence-electron chi connectivity index (χ1n) is 8.62. The van der Waals surface area contributed by atoms with Crippen LogP contribution in [-0.4, -0.2) is 34.3 Å². The van der Waals surface area contributed by atoms with Gasteiger partial charge in [0.25, 0.3) is 0 Å². The molecule has 23 heavy (non-hydrogen) atoms. The Morgan fingerprint density at radius 1 is 0.870 bits per heavy atom. The maximum absolute atomic E-state index is 12.4. The summed E-state index contributed by atoms with van der Waals surface area (Å²) in [5, 5.41) is 0. The van der Waals surface area contributed by atoms with E-state index in [0.717, 1.165) is 37.0 Å². The highest BCUT2D eigenvalue weighted by Crippen LogP contribution is 2.19. The van der Waals surface area contributed by atoms with Crippen LogP contribution >= 0.6 is 0 Å². The van der Waals surface area contributed by atoms with E-state index in [1.54, 1.807) is 41.5 Å². The third-order valence-corrected chi connectivity index (χ3v) is 3.10. The number of carbonyl (C=O) groups excluding carboxylic acids is 2. The van der Waals surface area contributed by atoms with E-state index in [1.165, 1.54) is 0 Å². The molecule has 0 aromatic heterocycles. The highest BCUT2D eigenvalue weighted by Gasteiger charge is 2.34. The van der Waals surface area contributed by atoms with Gasteiger partial charge in [0, 0.05) is 6.04 Å². The number of amides is 2. The third kappa shape index (κ3) is 10.2. The molecule has 0 heterocycles. The Balaban J connectivity index is 4.98. The molecule has 2 amide bonds. The van der Waals surface area contributed by atoms with Crippen molar-refractivity contribution in [3.05, 3.63) is 0 Å². The second-order valence-electron chi connectivity index (χ2n) is 8.03. The zero-order valence-corrected chi connectivity index (χ0v) is 16.2. The summed E-state index contributed by atoms with van der Waals surface area (Å²) >= 11 is 0. The second kappa shape index (κ2) is 9.14. The molecule has 5 heteroatoms. The van der Waals surface area contributed by atoms with Crippen molar-refractivity contribution >= 4 is 12.2 Å². The molecule has 136 valence electrons. The molecule has 0 N–H and O–H groups in total. The van der Waals surface area contributed by atoms with Crippen molar-refractivity contribution in [1.82, 2.24) is 4.90 Å². The van der Waals surface area contributed by atoms with Crippen LogP contribution in [0.5, 0.6) is 0 Å². The predicted octanol–water partition coefficient (Wildman–Crippen LogP) is 5.52. The SMILES string of the molecule is CCCCCCC(C)N(C(=O)OC(C)(C)C)C(=O)OC(C)(C)C. The maximum Gasteiger partial charge on any atom is 0.420 e. The largest absolute Gasteiger partial charge is 0.443 e. The van der Waals surface area contributed by atoms with Crippen molar-refractivity contribution in [3.8, 4) is 0 Å². The molecule has 1 atom stereocenters. The molecule has 0 saturated heterocycles. The summed E-state index contributed by atoms with van der Waals surface area (Å²) in [4.78, 5) is 26.0. The first-order valence-corrected chi connectivity index (χ1v) is 8.62. The Kier molecular flexibility index (Phi) is 8.64. The van der Waals surface area contributed by atoms with E-state index in [9.17, 15) is 9.59 Å². The summed E-state index contributed by atoms with van der Waals surface area (Å²) in [7, 11) is 0. The van der Waals surface area contributed by atoms with Crippen LogP contribution in [0.1, 0.15) is 87.5 Å². The van der Waals surface area contributed by atoms with Gasteiger partial charge in [-0.15, -0.1) is 0 Å². The van der Waals surface area contributed by atoms with Gasteiger partial charge in [-0.25, -0.2) is 14.5 Å². The molecule has 0 saturated carbocycles. The number of carbonyl (C=O) groups is 2. The van der Waals surface area contributed by atoms with E-state index < -0.39 is 23.4 Å². The minimum absolute atomic E-state index is 0.253. The number of hydrogen-bond donors (Lipinski definition) is 0. The standard InChI is InChI=1S/C18H35NO4/c1-9-10-11-12-13-14(2)19(15(20)22-17(3,4)5)16(21)23-18(6,7)8/h14H,9-13H2,1-8H3. The first kappa shape index (κ1) is 21.7. The summed E-state index contributed by atoms with van der Waals surface area (Å²) in [5.41, 5.74) is -1.31. The van der Waals surface area contributed by atoms with Gasteiger partial charge in [0.05, 0.1) is 0 Å². The van der Waals surface area contributed by atoms with Gasteiger partial charge >= 0.3 is 12.2 Å². The molecule has 0 aromatic rings. The topological polar surface area (TPSA) is 55.8 Å². The van der Waals surface area contributed by atoms with E-state index in [1.807, 2.05) is 6.92 Å². The molecular weight excluding hydrogens is 294 g/mol. The second-order valence-corrected chi connectivity index (χ2v) is 8.03. The van der Waals surface area contributed by atoms with Crippen LogP contribution in [0.4, 0.5) is 9.59 Å².